The maximum absolute atomic E-state index is 9.94. The number of carbonyl (C=O) groups excluding carboxylic acids is 1. The Bertz CT molecular complexity index is 116. The zero-order chi connectivity index (χ0) is 7.40. The minimum atomic E-state index is 0.135. The first-order chi connectivity index (χ1) is 4.83. The second-order valence-electron chi connectivity index (χ2n) is 2.76. The summed E-state index contributed by atoms with van der Waals surface area (Å²) in [5.41, 5.74) is 0. The van der Waals surface area contributed by atoms with Crippen LogP contribution < -0.4 is 0 Å². The molecule has 0 bridgehead atoms. The summed E-state index contributed by atoms with van der Waals surface area (Å²) in [6.07, 6.45) is 2.29. The van der Waals surface area contributed by atoms with Crippen molar-refractivity contribution in [1.82, 2.24) is 4.90 Å². The highest BCUT2D eigenvalue weighted by atomic mass is 16.5. The maximum atomic E-state index is 9.94. The van der Waals surface area contributed by atoms with Crippen LogP contribution in [0.1, 0.15) is 12.8 Å². The monoisotopic (exact) mass is 143 g/mol. The molecule has 0 spiro atoms. The lowest BCUT2D eigenvalue weighted by Gasteiger charge is -2.27. The Labute approximate surface area is 61.0 Å². The highest BCUT2D eigenvalue weighted by Crippen LogP contribution is 2.09. The maximum Gasteiger partial charge on any atom is 0.293 e. The van der Waals surface area contributed by atoms with Crippen molar-refractivity contribution in [3.8, 4) is 0 Å². The Morgan fingerprint density at radius 2 is 2.50 bits per heavy atom. The molecule has 0 amide bonds. The summed E-state index contributed by atoms with van der Waals surface area (Å²) in [5.74, 6) is 0. The summed E-state index contributed by atoms with van der Waals surface area (Å²) in [7, 11) is 2.04. The second-order valence-corrected chi connectivity index (χ2v) is 2.76. The standard InChI is InChI=1S/C7H13NO2/c1-8-4-2-3-7(5-8)10-6-9/h6-7H,2-5H2,1H3. The molecule has 1 rings (SSSR count). The van der Waals surface area contributed by atoms with Gasteiger partial charge in [0.2, 0.25) is 0 Å². The number of ether oxygens (including phenoxy) is 1. The number of hydrogen-bond donors (Lipinski definition) is 0. The van der Waals surface area contributed by atoms with Crippen molar-refractivity contribution in [3.05, 3.63) is 0 Å². The van der Waals surface area contributed by atoms with E-state index in [-0.39, 0.29) is 6.10 Å². The summed E-state index contributed by atoms with van der Waals surface area (Å²) < 4.78 is 4.83. The molecule has 1 atom stereocenters. The van der Waals surface area contributed by atoms with Gasteiger partial charge in [0.1, 0.15) is 6.10 Å². The van der Waals surface area contributed by atoms with E-state index >= 15 is 0 Å². The number of hydrogen-bond acceptors (Lipinski definition) is 3. The zero-order valence-electron chi connectivity index (χ0n) is 6.25. The molecule has 58 valence electrons. The molecule has 0 aromatic heterocycles. The number of piperidine rings is 1. The number of likely N-dealkylation sites (N-methyl/N-ethyl adjacent to an activating group) is 1. The molecule has 1 heterocycles. The first kappa shape index (κ1) is 7.54. The molecule has 1 aliphatic rings. The van der Waals surface area contributed by atoms with Gasteiger partial charge in [0.15, 0.2) is 0 Å². The lowest BCUT2D eigenvalue weighted by molar-refractivity contribution is -0.135. The van der Waals surface area contributed by atoms with Crippen LogP contribution in [-0.2, 0) is 9.53 Å². The number of rotatable bonds is 2. The fourth-order valence-electron chi connectivity index (χ4n) is 1.31. The Morgan fingerprint density at radius 1 is 1.70 bits per heavy atom. The highest BCUT2D eigenvalue weighted by molar-refractivity contribution is 5.37. The molecule has 1 fully saturated rings. The average molecular weight is 143 g/mol. The van der Waals surface area contributed by atoms with E-state index in [0.717, 1.165) is 25.9 Å². The molecule has 10 heavy (non-hydrogen) atoms. The van der Waals surface area contributed by atoms with Crippen LogP contribution in [-0.4, -0.2) is 37.6 Å². The summed E-state index contributed by atoms with van der Waals surface area (Å²) >= 11 is 0. The van der Waals surface area contributed by atoms with Gasteiger partial charge in [-0.15, -0.1) is 0 Å². The number of nitrogens with zero attached hydrogens (tertiary/aromatic N) is 1. The van der Waals surface area contributed by atoms with Crippen LogP contribution in [0.25, 0.3) is 0 Å². The van der Waals surface area contributed by atoms with Gasteiger partial charge in [-0.2, -0.15) is 0 Å². The smallest absolute Gasteiger partial charge is 0.293 e. The predicted molar refractivity (Wildman–Crippen MR) is 37.7 cm³/mol. The van der Waals surface area contributed by atoms with Crippen molar-refractivity contribution in [3.63, 3.8) is 0 Å². The summed E-state index contributed by atoms with van der Waals surface area (Å²) in [4.78, 5) is 12.1. The van der Waals surface area contributed by atoms with E-state index in [1.807, 2.05) is 7.05 Å². The van der Waals surface area contributed by atoms with E-state index in [1.54, 1.807) is 0 Å². The molecule has 1 saturated heterocycles. The Hall–Kier alpha value is -0.570. The topological polar surface area (TPSA) is 29.5 Å². The Kier molecular flexibility index (Phi) is 2.68. The zero-order valence-corrected chi connectivity index (χ0v) is 6.25. The van der Waals surface area contributed by atoms with E-state index in [2.05, 4.69) is 4.90 Å². The van der Waals surface area contributed by atoms with E-state index < -0.39 is 0 Å². The van der Waals surface area contributed by atoms with Gasteiger partial charge < -0.3 is 9.64 Å². The third-order valence-electron chi connectivity index (χ3n) is 1.83. The van der Waals surface area contributed by atoms with E-state index in [1.165, 1.54) is 0 Å². The van der Waals surface area contributed by atoms with Crippen LogP contribution in [0.5, 0.6) is 0 Å². The lowest BCUT2D eigenvalue weighted by atomic mass is 10.1. The van der Waals surface area contributed by atoms with Crippen LogP contribution in [0.4, 0.5) is 0 Å². The number of carbonyl (C=O) groups is 1. The minimum Gasteiger partial charge on any atom is -0.463 e. The van der Waals surface area contributed by atoms with Gasteiger partial charge in [-0.05, 0) is 26.4 Å². The van der Waals surface area contributed by atoms with Gasteiger partial charge >= 0.3 is 0 Å². The van der Waals surface area contributed by atoms with Crippen molar-refractivity contribution < 1.29 is 9.53 Å². The van der Waals surface area contributed by atoms with Crippen molar-refractivity contribution in [2.75, 3.05) is 20.1 Å². The lowest BCUT2D eigenvalue weighted by Crippen LogP contribution is -2.36. The molecule has 0 aliphatic carbocycles. The molecule has 0 saturated carbocycles. The van der Waals surface area contributed by atoms with Crippen molar-refractivity contribution in [1.29, 1.82) is 0 Å². The van der Waals surface area contributed by atoms with Crippen molar-refractivity contribution >= 4 is 6.47 Å². The van der Waals surface area contributed by atoms with Gasteiger partial charge in [-0.1, -0.05) is 0 Å². The first-order valence-corrected chi connectivity index (χ1v) is 3.60. The van der Waals surface area contributed by atoms with Crippen LogP contribution in [0.15, 0.2) is 0 Å². The fraction of sp³-hybridized carbons (Fsp3) is 0.857. The third kappa shape index (κ3) is 1.99. The largest absolute Gasteiger partial charge is 0.463 e. The van der Waals surface area contributed by atoms with Gasteiger partial charge in [-0.25, -0.2) is 0 Å². The van der Waals surface area contributed by atoms with E-state index in [9.17, 15) is 4.79 Å². The average Bonchev–Trinajstić information content (AvgIpc) is 1.88. The van der Waals surface area contributed by atoms with Gasteiger partial charge in [-0.3, -0.25) is 4.79 Å². The SMILES string of the molecule is CN1CCCC(OC=O)C1. The van der Waals surface area contributed by atoms with E-state index in [0.29, 0.717) is 6.47 Å². The summed E-state index contributed by atoms with van der Waals surface area (Å²) in [6, 6.07) is 0. The Morgan fingerprint density at radius 3 is 3.10 bits per heavy atom. The quantitative estimate of drug-likeness (QED) is 0.519. The van der Waals surface area contributed by atoms with Crippen LogP contribution >= 0.6 is 0 Å². The molecule has 0 aromatic rings. The highest BCUT2D eigenvalue weighted by Gasteiger charge is 2.16. The normalized spacial score (nSPS) is 27.9. The molecule has 0 N–H and O–H groups in total. The first-order valence-electron chi connectivity index (χ1n) is 3.60. The fourth-order valence-corrected chi connectivity index (χ4v) is 1.31. The van der Waals surface area contributed by atoms with Gasteiger partial charge in [0.25, 0.3) is 6.47 Å². The molecular weight excluding hydrogens is 130 g/mol. The Balaban J connectivity index is 2.24. The predicted octanol–water partition coefficient (Wildman–Crippen LogP) is 0.254. The molecule has 3 nitrogen and oxygen atoms in total. The molecule has 1 aliphatic heterocycles. The van der Waals surface area contributed by atoms with Crippen LogP contribution in [0, 0.1) is 0 Å². The van der Waals surface area contributed by atoms with Gasteiger partial charge in [0.05, 0.1) is 0 Å². The van der Waals surface area contributed by atoms with E-state index in [4.69, 9.17) is 4.74 Å². The third-order valence-corrected chi connectivity index (χ3v) is 1.83. The molecule has 3 heteroatoms. The van der Waals surface area contributed by atoms with Crippen LogP contribution in [0.3, 0.4) is 0 Å². The molecule has 1 unspecified atom stereocenters. The molecular formula is C7H13NO2. The molecule has 0 radical (unpaired) electrons. The van der Waals surface area contributed by atoms with Crippen molar-refractivity contribution in [2.45, 2.75) is 18.9 Å². The molecule has 0 aromatic carbocycles. The second kappa shape index (κ2) is 3.56. The van der Waals surface area contributed by atoms with Crippen molar-refractivity contribution in [2.24, 2.45) is 0 Å². The van der Waals surface area contributed by atoms with Crippen LogP contribution in [0.2, 0.25) is 0 Å². The van der Waals surface area contributed by atoms with Gasteiger partial charge in [0, 0.05) is 6.54 Å². The summed E-state index contributed by atoms with van der Waals surface area (Å²) in [6.45, 7) is 2.56. The minimum absolute atomic E-state index is 0.135. The number of likely N-dealkylation sites (tertiary alicyclic amines) is 1. The summed E-state index contributed by atoms with van der Waals surface area (Å²) in [5, 5.41) is 0.